The zero-order valence-electron chi connectivity index (χ0n) is 8.92. The van der Waals surface area contributed by atoms with Gasteiger partial charge in [-0.05, 0) is 12.5 Å². The maximum atomic E-state index is 12.5. The molecule has 16 heavy (non-hydrogen) atoms. The van der Waals surface area contributed by atoms with Crippen LogP contribution in [0.25, 0.3) is 0 Å². The molecular formula is C11H14F3NO. The minimum Gasteiger partial charge on any atom is -0.493 e. The molecule has 1 atom stereocenters. The molecule has 1 rings (SSSR count). The van der Waals surface area contributed by atoms with Gasteiger partial charge in [-0.3, -0.25) is 0 Å². The van der Waals surface area contributed by atoms with Crippen molar-refractivity contribution >= 4 is 0 Å². The van der Waals surface area contributed by atoms with Gasteiger partial charge in [0, 0.05) is 5.56 Å². The number of halogens is 3. The molecule has 2 nitrogen and oxygen atoms in total. The topological polar surface area (TPSA) is 35.2 Å². The van der Waals surface area contributed by atoms with Crippen molar-refractivity contribution in [1.82, 2.24) is 0 Å². The highest BCUT2D eigenvalue weighted by atomic mass is 19.4. The predicted molar refractivity (Wildman–Crippen MR) is 55.2 cm³/mol. The quantitative estimate of drug-likeness (QED) is 0.867. The standard InChI is InChI=1S/C11H14F3NO/c1-2-7-16-9-6-4-3-5-8(9)10(15)11(12,13)14/h3-6,10H,2,7,15H2,1H3. The third-order valence-corrected chi connectivity index (χ3v) is 2.07. The highest BCUT2D eigenvalue weighted by Gasteiger charge is 2.39. The van der Waals surface area contributed by atoms with Crippen molar-refractivity contribution in [3.8, 4) is 5.75 Å². The molecule has 1 unspecified atom stereocenters. The molecular weight excluding hydrogens is 219 g/mol. The Morgan fingerprint density at radius 2 is 1.94 bits per heavy atom. The van der Waals surface area contributed by atoms with Crippen molar-refractivity contribution in [3.05, 3.63) is 29.8 Å². The zero-order valence-corrected chi connectivity index (χ0v) is 8.92. The Labute approximate surface area is 92.2 Å². The molecule has 0 radical (unpaired) electrons. The number of alkyl halides is 3. The lowest BCUT2D eigenvalue weighted by Crippen LogP contribution is -2.28. The fourth-order valence-electron chi connectivity index (χ4n) is 1.26. The van der Waals surface area contributed by atoms with E-state index in [0.717, 1.165) is 6.42 Å². The lowest BCUT2D eigenvalue weighted by atomic mass is 10.1. The number of hydrogen-bond donors (Lipinski definition) is 1. The third kappa shape index (κ3) is 3.13. The lowest BCUT2D eigenvalue weighted by Gasteiger charge is -2.19. The second-order valence-electron chi connectivity index (χ2n) is 3.41. The smallest absolute Gasteiger partial charge is 0.407 e. The summed E-state index contributed by atoms with van der Waals surface area (Å²) in [6.45, 7) is 2.26. The average molecular weight is 233 g/mol. The van der Waals surface area contributed by atoms with Crippen LogP contribution in [0.5, 0.6) is 5.75 Å². The van der Waals surface area contributed by atoms with E-state index in [9.17, 15) is 13.2 Å². The van der Waals surface area contributed by atoms with E-state index in [1.54, 1.807) is 6.07 Å². The number of rotatable bonds is 4. The molecule has 0 aromatic heterocycles. The molecule has 0 spiro atoms. The van der Waals surface area contributed by atoms with Gasteiger partial charge in [-0.25, -0.2) is 0 Å². The lowest BCUT2D eigenvalue weighted by molar-refractivity contribution is -0.149. The van der Waals surface area contributed by atoms with Crippen molar-refractivity contribution in [1.29, 1.82) is 0 Å². The normalized spacial score (nSPS) is 13.6. The van der Waals surface area contributed by atoms with E-state index >= 15 is 0 Å². The van der Waals surface area contributed by atoms with Gasteiger partial charge in [-0.2, -0.15) is 13.2 Å². The summed E-state index contributed by atoms with van der Waals surface area (Å²) in [4.78, 5) is 0. The molecule has 0 bridgehead atoms. The van der Waals surface area contributed by atoms with E-state index < -0.39 is 12.2 Å². The van der Waals surface area contributed by atoms with Crippen LogP contribution in [0.1, 0.15) is 24.9 Å². The minimum absolute atomic E-state index is 0.0246. The molecule has 0 aliphatic carbocycles. The molecule has 1 aromatic rings. The number of ether oxygens (including phenoxy) is 1. The van der Waals surface area contributed by atoms with Gasteiger partial charge in [0.15, 0.2) is 0 Å². The van der Waals surface area contributed by atoms with Gasteiger partial charge in [0.25, 0.3) is 0 Å². The van der Waals surface area contributed by atoms with Crippen LogP contribution in [-0.4, -0.2) is 12.8 Å². The number of benzene rings is 1. The van der Waals surface area contributed by atoms with Gasteiger partial charge in [0.05, 0.1) is 6.61 Å². The second kappa shape index (κ2) is 5.21. The molecule has 90 valence electrons. The van der Waals surface area contributed by atoms with Gasteiger partial charge in [-0.15, -0.1) is 0 Å². The van der Waals surface area contributed by atoms with Crippen molar-refractivity contribution in [2.75, 3.05) is 6.61 Å². The minimum atomic E-state index is -4.45. The van der Waals surface area contributed by atoms with Gasteiger partial charge < -0.3 is 10.5 Å². The van der Waals surface area contributed by atoms with E-state index in [0.29, 0.717) is 6.61 Å². The first-order chi connectivity index (χ1) is 7.46. The molecule has 0 aliphatic heterocycles. The largest absolute Gasteiger partial charge is 0.493 e. The molecule has 0 fully saturated rings. The first-order valence-electron chi connectivity index (χ1n) is 5.00. The van der Waals surface area contributed by atoms with Crippen molar-refractivity contribution in [3.63, 3.8) is 0 Å². The Balaban J connectivity index is 2.94. The Kier molecular flexibility index (Phi) is 4.18. The SMILES string of the molecule is CCCOc1ccccc1C(N)C(F)(F)F. The molecule has 0 amide bonds. The van der Waals surface area contributed by atoms with Gasteiger partial charge >= 0.3 is 6.18 Å². The Morgan fingerprint density at radius 1 is 1.31 bits per heavy atom. The van der Waals surface area contributed by atoms with Crippen LogP contribution in [0.2, 0.25) is 0 Å². The molecule has 2 N–H and O–H groups in total. The van der Waals surface area contributed by atoms with Crippen LogP contribution in [0.4, 0.5) is 13.2 Å². The summed E-state index contributed by atoms with van der Waals surface area (Å²) >= 11 is 0. The summed E-state index contributed by atoms with van der Waals surface area (Å²) in [5, 5.41) is 0. The molecule has 5 heteroatoms. The van der Waals surface area contributed by atoms with Crippen molar-refractivity contribution in [2.45, 2.75) is 25.6 Å². The monoisotopic (exact) mass is 233 g/mol. The fraction of sp³-hybridized carbons (Fsp3) is 0.455. The second-order valence-corrected chi connectivity index (χ2v) is 3.41. The van der Waals surface area contributed by atoms with Crippen LogP contribution in [-0.2, 0) is 0 Å². The number of para-hydroxylation sites is 1. The van der Waals surface area contributed by atoms with Crippen LogP contribution in [0.3, 0.4) is 0 Å². The maximum Gasteiger partial charge on any atom is 0.407 e. The van der Waals surface area contributed by atoms with Crippen LogP contribution < -0.4 is 10.5 Å². The molecule has 1 aromatic carbocycles. The molecule has 0 heterocycles. The summed E-state index contributed by atoms with van der Waals surface area (Å²) < 4.78 is 42.6. The van der Waals surface area contributed by atoms with Crippen LogP contribution in [0.15, 0.2) is 24.3 Å². The van der Waals surface area contributed by atoms with Gasteiger partial charge in [0.2, 0.25) is 0 Å². The first kappa shape index (κ1) is 12.8. The molecule has 0 saturated carbocycles. The summed E-state index contributed by atoms with van der Waals surface area (Å²) in [5.74, 6) is 0.203. The number of nitrogens with two attached hydrogens (primary N) is 1. The highest BCUT2D eigenvalue weighted by molar-refractivity contribution is 5.36. The summed E-state index contributed by atoms with van der Waals surface area (Å²) in [6.07, 6.45) is -3.72. The van der Waals surface area contributed by atoms with Crippen molar-refractivity contribution in [2.24, 2.45) is 5.73 Å². The molecule has 0 aliphatic rings. The predicted octanol–water partition coefficient (Wildman–Crippen LogP) is 3.04. The summed E-state index contributed by atoms with van der Waals surface area (Å²) in [6, 6.07) is 3.97. The van der Waals surface area contributed by atoms with Crippen LogP contribution in [0, 0.1) is 0 Å². The maximum absolute atomic E-state index is 12.5. The summed E-state index contributed by atoms with van der Waals surface area (Å²) in [7, 11) is 0. The van der Waals surface area contributed by atoms with Crippen molar-refractivity contribution < 1.29 is 17.9 Å². The Hall–Kier alpha value is -1.23. The first-order valence-corrected chi connectivity index (χ1v) is 5.00. The number of hydrogen-bond acceptors (Lipinski definition) is 2. The van der Waals surface area contributed by atoms with Gasteiger partial charge in [0.1, 0.15) is 11.8 Å². The Morgan fingerprint density at radius 3 is 2.50 bits per heavy atom. The fourth-order valence-corrected chi connectivity index (χ4v) is 1.26. The van der Waals surface area contributed by atoms with E-state index in [4.69, 9.17) is 10.5 Å². The van der Waals surface area contributed by atoms with E-state index in [2.05, 4.69) is 0 Å². The Bertz CT molecular complexity index is 338. The summed E-state index contributed by atoms with van der Waals surface area (Å²) in [5.41, 5.74) is 5.12. The van der Waals surface area contributed by atoms with E-state index in [1.807, 2.05) is 6.92 Å². The highest BCUT2D eigenvalue weighted by Crippen LogP contribution is 2.35. The van der Waals surface area contributed by atoms with Gasteiger partial charge in [-0.1, -0.05) is 25.1 Å². The van der Waals surface area contributed by atoms with E-state index in [1.165, 1.54) is 18.2 Å². The van der Waals surface area contributed by atoms with E-state index in [-0.39, 0.29) is 11.3 Å². The average Bonchev–Trinajstić information content (AvgIpc) is 2.24. The third-order valence-electron chi connectivity index (χ3n) is 2.07. The molecule has 0 saturated heterocycles. The zero-order chi connectivity index (χ0) is 12.2. The van der Waals surface area contributed by atoms with Crippen LogP contribution >= 0.6 is 0 Å².